The van der Waals surface area contributed by atoms with E-state index in [1.165, 1.54) is 0 Å². The Labute approximate surface area is 62.4 Å². The van der Waals surface area contributed by atoms with E-state index in [2.05, 4.69) is 9.47 Å². The van der Waals surface area contributed by atoms with Crippen LogP contribution in [0.4, 0.5) is 0 Å². The highest BCUT2D eigenvalue weighted by atomic mass is 35.5. The van der Waals surface area contributed by atoms with Crippen LogP contribution in [-0.2, 0) is 9.47 Å². The van der Waals surface area contributed by atoms with Crippen LogP contribution in [0.1, 0.15) is 0 Å². The van der Waals surface area contributed by atoms with Gasteiger partial charge in [0.15, 0.2) is 0 Å². The molecule has 0 rings (SSSR count). The second-order valence-electron chi connectivity index (χ2n) is 0.986. The lowest BCUT2D eigenvalue weighted by atomic mass is 10.8. The van der Waals surface area contributed by atoms with Gasteiger partial charge in [-0.2, -0.15) is 0 Å². The predicted molar refractivity (Wildman–Crippen MR) is 38.2 cm³/mol. The maximum atomic E-state index is 4.66. The molecule has 0 aliphatic heterocycles. The molecule has 0 atom stereocenters. The van der Waals surface area contributed by atoms with Crippen LogP contribution in [0.2, 0.25) is 0 Å². The number of rotatable bonds is 3. The maximum Gasteiger partial charge on any atom is 0.0696 e. The molecule has 0 fully saturated rings. The van der Waals surface area contributed by atoms with E-state index < -0.39 is 0 Å². The molecule has 0 radical (unpaired) electrons. The van der Waals surface area contributed by atoms with Gasteiger partial charge in [0.25, 0.3) is 0 Å². The number of halogens is 2. The average Bonchev–Trinajstić information content (AvgIpc) is 1.61. The minimum atomic E-state index is 0. The van der Waals surface area contributed by atoms with E-state index in [-0.39, 0.29) is 24.8 Å². The van der Waals surface area contributed by atoms with Crippen molar-refractivity contribution in [2.24, 2.45) is 0 Å². The zero-order chi connectivity index (χ0) is 4.83. The van der Waals surface area contributed by atoms with Gasteiger partial charge in [0.05, 0.1) is 13.2 Å². The summed E-state index contributed by atoms with van der Waals surface area (Å²) in [4.78, 5) is 0. The molecule has 0 aromatic heterocycles. The van der Waals surface area contributed by atoms with E-state index in [9.17, 15) is 0 Å². The molecule has 0 aromatic carbocycles. The van der Waals surface area contributed by atoms with Crippen molar-refractivity contribution in [2.75, 3.05) is 27.4 Å². The van der Waals surface area contributed by atoms with Gasteiger partial charge in [-0.25, -0.2) is 0 Å². The lowest BCUT2D eigenvalue weighted by Crippen LogP contribution is -1.96. The van der Waals surface area contributed by atoms with Gasteiger partial charge in [-0.05, 0) is 0 Å². The molecule has 0 saturated carbocycles. The molecule has 0 amide bonds. The van der Waals surface area contributed by atoms with Gasteiger partial charge >= 0.3 is 0 Å². The van der Waals surface area contributed by atoms with E-state index in [1.54, 1.807) is 14.2 Å². The van der Waals surface area contributed by atoms with Crippen LogP contribution in [0.25, 0.3) is 0 Å². The summed E-state index contributed by atoms with van der Waals surface area (Å²) in [6.45, 7) is 1.38. The summed E-state index contributed by atoms with van der Waals surface area (Å²) >= 11 is 0. The lowest BCUT2D eigenvalue weighted by molar-refractivity contribution is 0.103. The highest BCUT2D eigenvalue weighted by Gasteiger charge is 1.73. The molecule has 0 aliphatic rings. The van der Waals surface area contributed by atoms with Crippen molar-refractivity contribution < 1.29 is 9.47 Å². The monoisotopic (exact) mass is 162 g/mol. The van der Waals surface area contributed by atoms with Crippen LogP contribution in [-0.4, -0.2) is 27.4 Å². The Bertz CT molecular complexity index is 24.0. The van der Waals surface area contributed by atoms with E-state index in [0.717, 1.165) is 0 Å². The van der Waals surface area contributed by atoms with Gasteiger partial charge in [0.1, 0.15) is 0 Å². The third-order valence-corrected chi connectivity index (χ3v) is 0.492. The van der Waals surface area contributed by atoms with Gasteiger partial charge in [0.2, 0.25) is 0 Å². The summed E-state index contributed by atoms with van der Waals surface area (Å²) in [6, 6.07) is 0. The highest BCUT2D eigenvalue weighted by molar-refractivity contribution is 5.85. The standard InChI is InChI=1S/C4H10O2.2ClH/c1-5-3-4-6-2;;/h3-4H2,1-2H3;2*1H. The molecule has 2 nitrogen and oxygen atoms in total. The molecule has 0 unspecified atom stereocenters. The zero-order valence-corrected chi connectivity index (χ0v) is 6.68. The molecule has 54 valence electrons. The Balaban J connectivity index is -0.000000125. The summed E-state index contributed by atoms with van der Waals surface area (Å²) in [6.07, 6.45) is 0. The first-order valence-electron chi connectivity index (χ1n) is 1.89. The molecule has 0 spiro atoms. The largest absolute Gasteiger partial charge is 0.382 e. The number of hydrogen-bond donors (Lipinski definition) is 0. The molecule has 0 heterocycles. The van der Waals surface area contributed by atoms with Gasteiger partial charge < -0.3 is 9.47 Å². The SMILES string of the molecule is COCCOC.Cl.Cl. The van der Waals surface area contributed by atoms with Crippen molar-refractivity contribution in [3.8, 4) is 0 Å². The second kappa shape index (κ2) is 15.6. The minimum Gasteiger partial charge on any atom is -0.382 e. The third-order valence-electron chi connectivity index (χ3n) is 0.492. The fraction of sp³-hybridized carbons (Fsp3) is 1.00. The summed E-state index contributed by atoms with van der Waals surface area (Å²) in [5.41, 5.74) is 0. The molecule has 0 saturated heterocycles. The van der Waals surface area contributed by atoms with Gasteiger partial charge in [-0.15, -0.1) is 24.8 Å². The average molecular weight is 163 g/mol. The Morgan fingerprint density at radius 2 is 1.12 bits per heavy atom. The summed E-state index contributed by atoms with van der Waals surface area (Å²) in [5, 5.41) is 0. The normalized spacial score (nSPS) is 6.75. The van der Waals surface area contributed by atoms with Crippen molar-refractivity contribution >= 4 is 24.8 Å². The van der Waals surface area contributed by atoms with Gasteiger partial charge in [0, 0.05) is 14.2 Å². The van der Waals surface area contributed by atoms with Crippen molar-refractivity contribution in [3.63, 3.8) is 0 Å². The molecule has 0 aromatic rings. The lowest BCUT2D eigenvalue weighted by Gasteiger charge is -1.91. The predicted octanol–water partition coefficient (Wildman–Crippen LogP) is 1.12. The molecule has 0 bridgehead atoms. The van der Waals surface area contributed by atoms with E-state index in [0.29, 0.717) is 13.2 Å². The fourth-order valence-corrected chi connectivity index (χ4v) is 0.167. The molecule has 8 heavy (non-hydrogen) atoms. The third kappa shape index (κ3) is 16.1. The topological polar surface area (TPSA) is 18.5 Å². The summed E-state index contributed by atoms with van der Waals surface area (Å²) in [7, 11) is 3.30. The first kappa shape index (κ1) is 15.8. The number of methoxy groups -OCH3 is 2. The molecule has 0 N–H and O–H groups in total. The smallest absolute Gasteiger partial charge is 0.0696 e. The van der Waals surface area contributed by atoms with Crippen molar-refractivity contribution in [1.29, 1.82) is 0 Å². The van der Waals surface area contributed by atoms with Crippen molar-refractivity contribution in [1.82, 2.24) is 0 Å². The fourth-order valence-electron chi connectivity index (χ4n) is 0.167. The van der Waals surface area contributed by atoms with Crippen LogP contribution < -0.4 is 0 Å². The molecule has 4 heteroatoms. The van der Waals surface area contributed by atoms with E-state index >= 15 is 0 Å². The first-order chi connectivity index (χ1) is 2.91. The quantitative estimate of drug-likeness (QED) is 0.580. The van der Waals surface area contributed by atoms with E-state index in [4.69, 9.17) is 0 Å². The van der Waals surface area contributed by atoms with Crippen LogP contribution in [0.15, 0.2) is 0 Å². The van der Waals surface area contributed by atoms with Crippen LogP contribution >= 0.6 is 24.8 Å². The van der Waals surface area contributed by atoms with Crippen molar-refractivity contribution in [3.05, 3.63) is 0 Å². The summed E-state index contributed by atoms with van der Waals surface area (Å²) in [5.74, 6) is 0. The molecular weight excluding hydrogens is 151 g/mol. The maximum absolute atomic E-state index is 4.66. The Kier molecular flexibility index (Phi) is 30.9. The Morgan fingerprint density at radius 3 is 1.25 bits per heavy atom. The number of hydrogen-bond acceptors (Lipinski definition) is 2. The molecule has 0 aliphatic carbocycles. The highest BCUT2D eigenvalue weighted by Crippen LogP contribution is 1.65. The first-order valence-corrected chi connectivity index (χ1v) is 1.89. The van der Waals surface area contributed by atoms with Gasteiger partial charge in [-0.1, -0.05) is 0 Å². The Morgan fingerprint density at radius 1 is 0.875 bits per heavy atom. The van der Waals surface area contributed by atoms with Crippen LogP contribution in [0.5, 0.6) is 0 Å². The summed E-state index contributed by atoms with van der Waals surface area (Å²) < 4.78 is 9.31. The molecular formula is C4H12Cl2O2. The van der Waals surface area contributed by atoms with E-state index in [1.807, 2.05) is 0 Å². The Hall–Kier alpha value is 0.500. The minimum absolute atomic E-state index is 0. The number of ether oxygens (including phenoxy) is 2. The van der Waals surface area contributed by atoms with Crippen LogP contribution in [0.3, 0.4) is 0 Å². The van der Waals surface area contributed by atoms with Gasteiger partial charge in [-0.3, -0.25) is 0 Å². The second-order valence-corrected chi connectivity index (χ2v) is 0.986. The zero-order valence-electron chi connectivity index (χ0n) is 5.05. The van der Waals surface area contributed by atoms with Crippen LogP contribution in [0, 0.1) is 0 Å². The van der Waals surface area contributed by atoms with Crippen molar-refractivity contribution in [2.45, 2.75) is 0 Å².